The lowest BCUT2D eigenvalue weighted by molar-refractivity contribution is 0.397. The zero-order valence-corrected chi connectivity index (χ0v) is 11.4. The summed E-state index contributed by atoms with van der Waals surface area (Å²) in [5, 5.41) is 0. The number of hydrogen-bond donors (Lipinski definition) is 1. The van der Waals surface area contributed by atoms with Crippen molar-refractivity contribution >= 4 is 15.7 Å². The summed E-state index contributed by atoms with van der Waals surface area (Å²) in [7, 11) is -0.488. The Kier molecular flexibility index (Phi) is 3.49. The topological polar surface area (TPSA) is 72.6 Å². The second kappa shape index (κ2) is 4.78. The van der Waals surface area contributed by atoms with E-state index in [2.05, 4.69) is 0 Å². The van der Waals surface area contributed by atoms with Crippen LogP contribution < -0.4 is 10.5 Å². The lowest BCUT2D eigenvalue weighted by Crippen LogP contribution is -2.29. The van der Waals surface area contributed by atoms with Crippen LogP contribution in [0.1, 0.15) is 12.8 Å². The maximum absolute atomic E-state index is 12.4. The van der Waals surface area contributed by atoms with Crippen LogP contribution >= 0.6 is 0 Å². The van der Waals surface area contributed by atoms with Crippen LogP contribution in [0.2, 0.25) is 0 Å². The molecule has 0 atom stereocenters. The van der Waals surface area contributed by atoms with E-state index >= 15 is 0 Å². The van der Waals surface area contributed by atoms with Gasteiger partial charge >= 0.3 is 0 Å². The van der Waals surface area contributed by atoms with Gasteiger partial charge in [-0.2, -0.15) is 0 Å². The molecular formula is C12H18N2O3S. The molecule has 1 saturated carbocycles. The molecule has 0 unspecified atom stereocenters. The third-order valence-corrected chi connectivity index (χ3v) is 4.93. The third-order valence-electron chi connectivity index (χ3n) is 3.09. The van der Waals surface area contributed by atoms with Crippen LogP contribution in [0, 0.1) is 5.92 Å². The fraction of sp³-hybridized carbons (Fsp3) is 0.500. The number of nitrogens with zero attached hydrogens (tertiary/aromatic N) is 1. The Hall–Kier alpha value is -1.27. The van der Waals surface area contributed by atoms with E-state index < -0.39 is 10.0 Å². The lowest BCUT2D eigenvalue weighted by atomic mass is 10.3. The van der Waals surface area contributed by atoms with E-state index in [-0.39, 0.29) is 4.90 Å². The van der Waals surface area contributed by atoms with Gasteiger partial charge in [0.05, 0.1) is 7.11 Å². The molecule has 0 amide bonds. The summed E-state index contributed by atoms with van der Waals surface area (Å²) in [5.74, 6) is 0.823. The van der Waals surface area contributed by atoms with Crippen molar-refractivity contribution < 1.29 is 13.2 Å². The molecule has 5 nitrogen and oxygen atoms in total. The molecule has 1 aliphatic rings. The maximum atomic E-state index is 12.4. The Morgan fingerprint density at radius 1 is 1.44 bits per heavy atom. The average molecular weight is 270 g/mol. The molecule has 0 spiro atoms. The van der Waals surface area contributed by atoms with Crippen LogP contribution in [0.25, 0.3) is 0 Å². The summed E-state index contributed by atoms with van der Waals surface area (Å²) >= 11 is 0. The van der Waals surface area contributed by atoms with Crippen LogP contribution in [0.5, 0.6) is 5.75 Å². The fourth-order valence-electron chi connectivity index (χ4n) is 1.82. The van der Waals surface area contributed by atoms with Gasteiger partial charge in [-0.05, 0) is 37.0 Å². The van der Waals surface area contributed by atoms with Gasteiger partial charge in [-0.3, -0.25) is 0 Å². The van der Waals surface area contributed by atoms with Crippen LogP contribution in [0.15, 0.2) is 23.1 Å². The van der Waals surface area contributed by atoms with Crippen LogP contribution in [-0.4, -0.2) is 33.4 Å². The molecular weight excluding hydrogens is 252 g/mol. The molecule has 0 bridgehead atoms. The zero-order valence-electron chi connectivity index (χ0n) is 10.6. The van der Waals surface area contributed by atoms with Crippen molar-refractivity contribution in [2.24, 2.45) is 5.92 Å². The molecule has 2 rings (SSSR count). The van der Waals surface area contributed by atoms with Crippen LogP contribution in [0.4, 0.5) is 5.69 Å². The first kappa shape index (κ1) is 13.2. The minimum Gasteiger partial charge on any atom is -0.495 e. The highest BCUT2D eigenvalue weighted by atomic mass is 32.2. The Labute approximate surface area is 108 Å². The minimum absolute atomic E-state index is 0.133. The van der Waals surface area contributed by atoms with Gasteiger partial charge in [0.15, 0.2) is 0 Å². The van der Waals surface area contributed by atoms with E-state index in [0.29, 0.717) is 23.9 Å². The molecule has 1 aromatic carbocycles. The van der Waals surface area contributed by atoms with Crippen molar-refractivity contribution in [1.82, 2.24) is 4.31 Å². The number of rotatable bonds is 5. The van der Waals surface area contributed by atoms with E-state index in [1.54, 1.807) is 19.2 Å². The summed E-state index contributed by atoms with van der Waals surface area (Å²) in [4.78, 5) is 0.133. The number of benzene rings is 1. The van der Waals surface area contributed by atoms with E-state index in [1.807, 2.05) is 0 Å². The standard InChI is InChI=1S/C12H18N2O3S/c1-14(8-9-3-4-9)18(15,16)12-7-10(13)5-6-11(12)17-2/h5-7,9H,3-4,8,13H2,1-2H3. The van der Waals surface area contributed by atoms with E-state index in [0.717, 1.165) is 12.8 Å². The van der Waals surface area contributed by atoms with E-state index in [9.17, 15) is 8.42 Å². The fourth-order valence-corrected chi connectivity index (χ4v) is 3.26. The molecule has 0 aliphatic heterocycles. The summed E-state index contributed by atoms with van der Waals surface area (Å²) in [5.41, 5.74) is 6.07. The number of nitrogen functional groups attached to an aromatic ring is 1. The maximum Gasteiger partial charge on any atom is 0.246 e. The Morgan fingerprint density at radius 2 is 2.11 bits per heavy atom. The molecule has 2 N–H and O–H groups in total. The number of nitrogens with two attached hydrogens (primary N) is 1. The summed E-state index contributed by atoms with van der Waals surface area (Å²) in [6.45, 7) is 0.556. The molecule has 6 heteroatoms. The number of sulfonamides is 1. The quantitative estimate of drug-likeness (QED) is 0.819. The summed E-state index contributed by atoms with van der Waals surface area (Å²) in [6, 6.07) is 4.64. The number of methoxy groups -OCH3 is 1. The second-order valence-electron chi connectivity index (χ2n) is 4.64. The van der Waals surface area contributed by atoms with Gasteiger partial charge in [0.2, 0.25) is 10.0 Å². The summed E-state index contributed by atoms with van der Waals surface area (Å²) < 4.78 is 31.3. The van der Waals surface area contributed by atoms with Crippen molar-refractivity contribution in [1.29, 1.82) is 0 Å². The highest BCUT2D eigenvalue weighted by Gasteiger charge is 2.30. The van der Waals surface area contributed by atoms with Crippen molar-refractivity contribution in [2.45, 2.75) is 17.7 Å². The van der Waals surface area contributed by atoms with Gasteiger partial charge in [-0.25, -0.2) is 12.7 Å². The number of ether oxygens (including phenoxy) is 1. The zero-order chi connectivity index (χ0) is 13.3. The van der Waals surface area contributed by atoms with Crippen molar-refractivity contribution in [3.05, 3.63) is 18.2 Å². The molecule has 1 aliphatic carbocycles. The predicted molar refractivity (Wildman–Crippen MR) is 69.9 cm³/mol. The molecule has 1 fully saturated rings. The minimum atomic E-state index is -3.53. The Morgan fingerprint density at radius 3 is 2.67 bits per heavy atom. The first-order valence-electron chi connectivity index (χ1n) is 5.85. The molecule has 0 saturated heterocycles. The van der Waals surface area contributed by atoms with Crippen molar-refractivity contribution in [3.8, 4) is 5.75 Å². The van der Waals surface area contributed by atoms with Crippen LogP contribution in [0.3, 0.4) is 0 Å². The van der Waals surface area contributed by atoms with Crippen molar-refractivity contribution in [2.75, 3.05) is 26.4 Å². The van der Waals surface area contributed by atoms with Gasteiger partial charge in [0.25, 0.3) is 0 Å². The SMILES string of the molecule is COc1ccc(N)cc1S(=O)(=O)N(C)CC1CC1. The Balaban J connectivity index is 2.35. The number of hydrogen-bond acceptors (Lipinski definition) is 4. The smallest absolute Gasteiger partial charge is 0.246 e. The molecule has 18 heavy (non-hydrogen) atoms. The predicted octanol–water partition coefficient (Wildman–Crippen LogP) is 1.31. The van der Waals surface area contributed by atoms with Crippen molar-refractivity contribution in [3.63, 3.8) is 0 Å². The van der Waals surface area contributed by atoms with E-state index in [1.165, 1.54) is 17.5 Å². The Bertz CT molecular complexity index is 538. The van der Waals surface area contributed by atoms with Gasteiger partial charge < -0.3 is 10.5 Å². The van der Waals surface area contributed by atoms with E-state index in [4.69, 9.17) is 10.5 Å². The number of anilines is 1. The molecule has 0 heterocycles. The molecule has 100 valence electrons. The second-order valence-corrected chi connectivity index (χ2v) is 6.65. The normalized spacial score (nSPS) is 15.9. The largest absolute Gasteiger partial charge is 0.495 e. The summed E-state index contributed by atoms with van der Waals surface area (Å²) in [6.07, 6.45) is 2.21. The van der Waals surface area contributed by atoms with Gasteiger partial charge in [-0.15, -0.1) is 0 Å². The first-order valence-corrected chi connectivity index (χ1v) is 7.29. The lowest BCUT2D eigenvalue weighted by Gasteiger charge is -2.18. The van der Waals surface area contributed by atoms with Gasteiger partial charge in [0.1, 0.15) is 10.6 Å². The highest BCUT2D eigenvalue weighted by molar-refractivity contribution is 7.89. The average Bonchev–Trinajstić information content (AvgIpc) is 3.12. The van der Waals surface area contributed by atoms with Crippen LogP contribution in [-0.2, 0) is 10.0 Å². The molecule has 0 radical (unpaired) electrons. The highest BCUT2D eigenvalue weighted by Crippen LogP contribution is 2.33. The molecule has 1 aromatic rings. The third kappa shape index (κ3) is 2.59. The molecule has 0 aromatic heterocycles. The first-order chi connectivity index (χ1) is 8.45. The monoisotopic (exact) mass is 270 g/mol. The van der Waals surface area contributed by atoms with Gasteiger partial charge in [-0.1, -0.05) is 0 Å². The van der Waals surface area contributed by atoms with Gasteiger partial charge in [0, 0.05) is 19.3 Å².